The Balaban J connectivity index is 1.18. The number of hydrogen-bond donors (Lipinski definition) is 7. The molecule has 11 nitrogen and oxygen atoms in total. The normalized spacial score (nSPS) is 34.5. The molecule has 2 aliphatic heterocycles. The summed E-state index contributed by atoms with van der Waals surface area (Å²) in [6, 6.07) is 4.59. The number of carbonyl (C=O) groups is 2. The Morgan fingerprint density at radius 2 is 1.76 bits per heavy atom. The molecule has 11 heteroatoms. The first-order valence-electron chi connectivity index (χ1n) is 17.8. The molecule has 0 bridgehead atoms. The van der Waals surface area contributed by atoms with Crippen LogP contribution in [0, 0.1) is 23.2 Å². The van der Waals surface area contributed by atoms with Gasteiger partial charge in [0.05, 0.1) is 29.8 Å². The maximum atomic E-state index is 14.1. The highest BCUT2D eigenvalue weighted by molar-refractivity contribution is 6.19. The molecule has 7 unspecified atom stereocenters. The molecule has 4 aliphatic carbocycles. The van der Waals surface area contributed by atoms with Gasteiger partial charge >= 0.3 is 0 Å². The molecule has 2 saturated carbocycles. The summed E-state index contributed by atoms with van der Waals surface area (Å²) >= 11 is 0. The number of nitrogens with two attached hydrogens (primary N) is 1. The van der Waals surface area contributed by atoms with Crippen LogP contribution in [0.15, 0.2) is 65.2 Å². The van der Waals surface area contributed by atoms with Gasteiger partial charge in [0, 0.05) is 12.1 Å². The molecule has 0 amide bonds. The van der Waals surface area contributed by atoms with E-state index in [1.807, 2.05) is 18.2 Å². The number of nitrogens with one attached hydrogen (secondary N) is 1. The predicted octanol–water partition coefficient (Wildman–Crippen LogP) is 3.48. The average Bonchev–Trinajstić information content (AvgIpc) is 3.57. The van der Waals surface area contributed by atoms with Crippen LogP contribution >= 0.6 is 0 Å². The van der Waals surface area contributed by atoms with Gasteiger partial charge in [-0.1, -0.05) is 69.2 Å². The molecule has 1 saturated heterocycles. The summed E-state index contributed by atoms with van der Waals surface area (Å²) in [6.45, 7) is -0.169. The maximum absolute atomic E-state index is 14.1. The van der Waals surface area contributed by atoms with Gasteiger partial charge in [0.25, 0.3) is 0 Å². The van der Waals surface area contributed by atoms with E-state index in [2.05, 4.69) is 5.32 Å². The van der Waals surface area contributed by atoms with Gasteiger partial charge in [-0.3, -0.25) is 9.59 Å². The zero-order valence-electron chi connectivity index (χ0n) is 27.7. The molecule has 8 N–H and O–H groups in total. The Kier molecular flexibility index (Phi) is 9.25. The fraction of sp³-hybridized carbons (Fsp3) is 0.579. The minimum atomic E-state index is -2.18. The Bertz CT molecular complexity index is 1600. The Labute approximate surface area is 286 Å². The number of ketones is 2. The van der Waals surface area contributed by atoms with E-state index < -0.39 is 59.8 Å². The van der Waals surface area contributed by atoms with Gasteiger partial charge in [0.15, 0.2) is 11.6 Å². The Hall–Kier alpha value is -3.48. The fourth-order valence-corrected chi connectivity index (χ4v) is 9.35. The molecule has 3 fully saturated rings. The van der Waals surface area contributed by atoms with Crippen molar-refractivity contribution in [3.05, 3.63) is 76.4 Å². The summed E-state index contributed by atoms with van der Waals surface area (Å²) < 4.78 is 12.0. The summed E-state index contributed by atoms with van der Waals surface area (Å²) in [5.74, 6) is -2.02. The van der Waals surface area contributed by atoms with Crippen molar-refractivity contribution in [2.75, 3.05) is 13.2 Å². The smallest absolute Gasteiger partial charge is 0.229 e. The maximum Gasteiger partial charge on any atom is 0.229 e. The van der Waals surface area contributed by atoms with E-state index in [-0.39, 0.29) is 34.8 Å². The van der Waals surface area contributed by atoms with Crippen LogP contribution in [0.3, 0.4) is 0 Å². The molecule has 0 spiro atoms. The van der Waals surface area contributed by atoms with Crippen molar-refractivity contribution in [3.63, 3.8) is 0 Å². The minimum absolute atomic E-state index is 0.0448. The first kappa shape index (κ1) is 34.0. The number of benzene rings is 1. The van der Waals surface area contributed by atoms with Gasteiger partial charge in [-0.25, -0.2) is 0 Å². The zero-order chi connectivity index (χ0) is 34.5. The van der Waals surface area contributed by atoms with Crippen molar-refractivity contribution in [1.29, 1.82) is 0 Å². The van der Waals surface area contributed by atoms with E-state index >= 15 is 0 Å². The summed E-state index contributed by atoms with van der Waals surface area (Å²) in [5, 5.41) is 59.7. The molecular weight excluding hydrogens is 628 g/mol. The SMILES string of the molecule is NC1=CC(C2(CC3(O)C(O)C(CO)OC(Oc4cccc5c4C(=O)C4C(O)=CC(CC6CCCCC6)=CC4C5=O)C3O)CCCC2)=CCN1. The van der Waals surface area contributed by atoms with Crippen molar-refractivity contribution in [3.8, 4) is 5.75 Å². The highest BCUT2D eigenvalue weighted by Crippen LogP contribution is 2.53. The average molecular weight is 677 g/mol. The molecule has 1 aromatic rings. The molecular formula is C38H48N2O9. The van der Waals surface area contributed by atoms with Crippen LogP contribution in [0.5, 0.6) is 5.75 Å². The third-order valence-electron chi connectivity index (χ3n) is 11.9. The van der Waals surface area contributed by atoms with E-state index in [0.717, 1.165) is 43.3 Å². The van der Waals surface area contributed by atoms with Crippen LogP contribution in [0.2, 0.25) is 0 Å². The quantitative estimate of drug-likeness (QED) is 0.213. The first-order chi connectivity index (χ1) is 23.5. The second kappa shape index (κ2) is 13.3. The lowest BCUT2D eigenvalue weighted by atomic mass is 9.66. The summed E-state index contributed by atoms with van der Waals surface area (Å²) in [7, 11) is 0. The predicted molar refractivity (Wildman–Crippen MR) is 179 cm³/mol. The number of allylic oxidation sites excluding steroid dienone is 6. The first-order valence-corrected chi connectivity index (χ1v) is 17.8. The van der Waals surface area contributed by atoms with E-state index in [0.29, 0.717) is 31.1 Å². The lowest BCUT2D eigenvalue weighted by Crippen LogP contribution is -2.69. The third-order valence-corrected chi connectivity index (χ3v) is 11.9. The number of hydrogen-bond acceptors (Lipinski definition) is 11. The highest BCUT2D eigenvalue weighted by Gasteiger charge is 2.59. The molecule has 0 radical (unpaired) electrons. The van der Waals surface area contributed by atoms with Crippen LogP contribution < -0.4 is 15.8 Å². The fourth-order valence-electron chi connectivity index (χ4n) is 9.35. The minimum Gasteiger partial charge on any atom is -0.511 e. The van der Waals surface area contributed by atoms with Crippen molar-refractivity contribution in [2.45, 2.75) is 101 Å². The summed E-state index contributed by atoms with van der Waals surface area (Å²) in [6.07, 6.45) is 10.5. The second-order valence-electron chi connectivity index (χ2n) is 15.0. The lowest BCUT2D eigenvalue weighted by molar-refractivity contribution is -0.319. The largest absolute Gasteiger partial charge is 0.511 e. The number of aliphatic hydroxyl groups excluding tert-OH is 4. The van der Waals surface area contributed by atoms with Crippen LogP contribution in [0.4, 0.5) is 0 Å². The van der Waals surface area contributed by atoms with E-state index in [1.54, 1.807) is 18.2 Å². The number of Topliss-reactive ketones (excluding diaryl/α,β-unsaturated/α-hetero) is 2. The standard InChI is InChI=1S/C38H48N2O9/c39-29-18-23(11-14-40-29)37(12-4-5-13-37)20-38(47)34(45)28(19-41)49-36(35(38)46)48-27-10-6-9-24-31(27)33(44)30-25(32(24)43)16-22(17-26(30)42)15-21-7-2-1-3-8-21/h6,9-11,16-18,21,25,28,30,34-36,40-42,45-47H,1-5,7-8,12-15,19-20,39H2. The molecule has 0 aromatic heterocycles. The Morgan fingerprint density at radius 3 is 2.47 bits per heavy atom. The Morgan fingerprint density at radius 1 is 1.00 bits per heavy atom. The number of dihydropyridines is 1. The number of ether oxygens (including phenoxy) is 2. The van der Waals surface area contributed by atoms with Gasteiger partial charge in [0.2, 0.25) is 6.29 Å². The van der Waals surface area contributed by atoms with E-state index in [4.69, 9.17) is 15.2 Å². The van der Waals surface area contributed by atoms with E-state index in [9.17, 15) is 35.1 Å². The molecule has 7 rings (SSSR count). The number of aliphatic hydroxyl groups is 5. The van der Waals surface area contributed by atoms with Crippen molar-refractivity contribution in [2.24, 2.45) is 28.9 Å². The van der Waals surface area contributed by atoms with Crippen LogP contribution in [-0.2, 0) is 4.74 Å². The third kappa shape index (κ3) is 6.03. The second-order valence-corrected chi connectivity index (χ2v) is 15.0. The van der Waals surface area contributed by atoms with Crippen molar-refractivity contribution in [1.82, 2.24) is 5.32 Å². The van der Waals surface area contributed by atoms with Crippen LogP contribution in [0.25, 0.3) is 0 Å². The molecule has 6 aliphatic rings. The number of rotatable bonds is 8. The highest BCUT2D eigenvalue weighted by atomic mass is 16.7. The molecule has 1 aromatic carbocycles. The van der Waals surface area contributed by atoms with Crippen LogP contribution in [0.1, 0.15) is 91.3 Å². The van der Waals surface area contributed by atoms with Gasteiger partial charge < -0.3 is 46.1 Å². The molecule has 2 heterocycles. The zero-order valence-corrected chi connectivity index (χ0v) is 27.7. The van der Waals surface area contributed by atoms with E-state index in [1.165, 1.54) is 25.3 Å². The number of carbonyl (C=O) groups excluding carboxylic acids is 2. The molecule has 7 atom stereocenters. The van der Waals surface area contributed by atoms with Gasteiger partial charge in [-0.05, 0) is 66.4 Å². The van der Waals surface area contributed by atoms with Crippen LogP contribution in [-0.4, -0.2) is 80.5 Å². The summed E-state index contributed by atoms with van der Waals surface area (Å²) in [4.78, 5) is 28.0. The van der Waals surface area contributed by atoms with Crippen molar-refractivity contribution >= 4 is 11.6 Å². The lowest BCUT2D eigenvalue weighted by Gasteiger charge is -2.51. The molecule has 264 valence electrons. The van der Waals surface area contributed by atoms with Gasteiger partial charge in [0.1, 0.15) is 35.4 Å². The monoisotopic (exact) mass is 676 g/mol. The number of fused-ring (bicyclic) bond motifs is 2. The molecule has 49 heavy (non-hydrogen) atoms. The van der Waals surface area contributed by atoms with Gasteiger partial charge in [-0.15, -0.1) is 0 Å². The summed E-state index contributed by atoms with van der Waals surface area (Å²) in [5.41, 5.74) is 5.17. The van der Waals surface area contributed by atoms with Gasteiger partial charge in [-0.2, -0.15) is 0 Å². The topological polar surface area (TPSA) is 192 Å². The van der Waals surface area contributed by atoms with Crippen molar-refractivity contribution < 1.29 is 44.6 Å².